The van der Waals surface area contributed by atoms with E-state index in [9.17, 15) is 19.5 Å². The molecule has 4 unspecified atom stereocenters. The van der Waals surface area contributed by atoms with Crippen LogP contribution in [0.1, 0.15) is 70.1 Å². The van der Waals surface area contributed by atoms with Crippen LogP contribution in [0.25, 0.3) is 0 Å². The van der Waals surface area contributed by atoms with Crippen molar-refractivity contribution in [1.82, 2.24) is 15.5 Å². The predicted molar refractivity (Wildman–Crippen MR) is 168 cm³/mol. The molecule has 1 heterocycles. The number of benzene rings is 2. The van der Waals surface area contributed by atoms with E-state index in [4.69, 9.17) is 4.74 Å². The number of hydrogen-bond acceptors (Lipinski definition) is 6. The number of alkyl carbamates (subject to hydrolysis) is 1. The van der Waals surface area contributed by atoms with Crippen molar-refractivity contribution in [2.75, 3.05) is 12.5 Å². The average molecular weight is 598 g/mol. The third-order valence-electron chi connectivity index (χ3n) is 8.02. The maximum absolute atomic E-state index is 13.8. The highest BCUT2D eigenvalue weighted by molar-refractivity contribution is 8.00. The van der Waals surface area contributed by atoms with Crippen LogP contribution in [0.3, 0.4) is 0 Å². The van der Waals surface area contributed by atoms with Crippen molar-refractivity contribution in [1.29, 1.82) is 0 Å². The Labute approximate surface area is 255 Å². The summed E-state index contributed by atoms with van der Waals surface area (Å²) in [6.07, 6.45) is 2.01. The quantitative estimate of drug-likeness (QED) is 0.276. The maximum Gasteiger partial charge on any atom is 0.407 e. The lowest BCUT2D eigenvalue weighted by Gasteiger charge is -2.33. The van der Waals surface area contributed by atoms with Crippen molar-refractivity contribution in [2.45, 2.75) is 96.2 Å². The van der Waals surface area contributed by atoms with E-state index in [-0.39, 0.29) is 30.7 Å². The summed E-state index contributed by atoms with van der Waals surface area (Å²) in [5, 5.41) is 17.1. The summed E-state index contributed by atoms with van der Waals surface area (Å²) in [5.74, 6) is -0.362. The maximum atomic E-state index is 13.8. The van der Waals surface area contributed by atoms with Crippen LogP contribution in [0.2, 0.25) is 0 Å². The van der Waals surface area contributed by atoms with Crippen LogP contribution in [0.4, 0.5) is 4.79 Å². The predicted octanol–water partition coefficient (Wildman–Crippen LogP) is 5.21. The van der Waals surface area contributed by atoms with Crippen LogP contribution in [0, 0.1) is 12.8 Å². The third kappa shape index (κ3) is 9.23. The van der Waals surface area contributed by atoms with Crippen LogP contribution >= 0.6 is 11.8 Å². The summed E-state index contributed by atoms with van der Waals surface area (Å²) in [6.45, 7) is 10.7. The molecule has 3 amide bonds. The summed E-state index contributed by atoms with van der Waals surface area (Å²) >= 11 is 1.49. The van der Waals surface area contributed by atoms with E-state index < -0.39 is 34.9 Å². The zero-order valence-electron chi connectivity index (χ0n) is 25.6. The van der Waals surface area contributed by atoms with Crippen molar-refractivity contribution < 1.29 is 24.2 Å². The third-order valence-corrected chi connectivity index (χ3v) is 9.40. The summed E-state index contributed by atoms with van der Waals surface area (Å²) in [7, 11) is 0. The van der Waals surface area contributed by atoms with Gasteiger partial charge in [0.05, 0.1) is 18.5 Å². The topological polar surface area (TPSA) is 108 Å². The van der Waals surface area contributed by atoms with Gasteiger partial charge in [0.2, 0.25) is 5.91 Å². The fourth-order valence-corrected chi connectivity index (χ4v) is 6.38. The normalized spacial score (nSPS) is 18.1. The average Bonchev–Trinajstić information content (AvgIpc) is 3.30. The minimum absolute atomic E-state index is 0.227. The number of aliphatic hydroxyl groups excluding tert-OH is 1. The molecule has 1 fully saturated rings. The van der Waals surface area contributed by atoms with Gasteiger partial charge in [0, 0.05) is 11.3 Å². The zero-order chi connectivity index (χ0) is 30.7. The molecule has 1 aliphatic heterocycles. The molecular weight excluding hydrogens is 550 g/mol. The number of rotatable bonds is 14. The molecule has 0 aromatic heterocycles. The van der Waals surface area contributed by atoms with E-state index in [0.29, 0.717) is 6.54 Å². The summed E-state index contributed by atoms with van der Waals surface area (Å²) < 4.78 is 4.97. The Morgan fingerprint density at radius 3 is 2.45 bits per heavy atom. The number of ether oxygens (including phenoxy) is 1. The Hall–Kier alpha value is -3.04. The van der Waals surface area contributed by atoms with Gasteiger partial charge in [-0.15, -0.1) is 11.8 Å². The Morgan fingerprint density at radius 2 is 1.79 bits per heavy atom. The number of hydrogen-bond donors (Lipinski definition) is 3. The largest absolute Gasteiger partial charge is 0.449 e. The van der Waals surface area contributed by atoms with E-state index in [1.807, 2.05) is 75.4 Å². The molecule has 3 N–H and O–H groups in total. The Bertz CT molecular complexity index is 1180. The van der Waals surface area contributed by atoms with E-state index >= 15 is 0 Å². The summed E-state index contributed by atoms with van der Waals surface area (Å²) in [4.78, 5) is 41.6. The molecule has 42 heavy (non-hydrogen) atoms. The van der Waals surface area contributed by atoms with Gasteiger partial charge in [0.1, 0.15) is 6.04 Å². The fraction of sp³-hybridized carbons (Fsp3) is 0.545. The van der Waals surface area contributed by atoms with Crippen LogP contribution in [0.5, 0.6) is 0 Å². The highest BCUT2D eigenvalue weighted by atomic mass is 32.2. The molecule has 0 radical (unpaired) electrons. The fourth-order valence-electron chi connectivity index (χ4n) is 5.24. The molecule has 4 atom stereocenters. The van der Waals surface area contributed by atoms with E-state index in [1.165, 1.54) is 16.7 Å². The monoisotopic (exact) mass is 597 g/mol. The lowest BCUT2D eigenvalue weighted by Crippen LogP contribution is -2.58. The number of unbranched alkanes of at least 4 members (excludes halogenated alkanes) is 1. The molecule has 2 aromatic rings. The second kappa shape index (κ2) is 16.0. The van der Waals surface area contributed by atoms with Gasteiger partial charge in [0.25, 0.3) is 5.91 Å². The number of amides is 3. The molecule has 0 bridgehead atoms. The van der Waals surface area contributed by atoms with Gasteiger partial charge in [0.15, 0.2) is 6.10 Å². The first-order chi connectivity index (χ1) is 20.1. The number of carbonyl (C=O) groups excluding carboxylic acids is 3. The Morgan fingerprint density at radius 1 is 1.10 bits per heavy atom. The molecule has 1 aliphatic rings. The van der Waals surface area contributed by atoms with Crippen LogP contribution in [0.15, 0.2) is 54.6 Å². The van der Waals surface area contributed by atoms with Gasteiger partial charge in [-0.05, 0) is 56.2 Å². The first-order valence-corrected chi connectivity index (χ1v) is 16.0. The number of aryl methyl sites for hydroxylation is 1. The van der Waals surface area contributed by atoms with Gasteiger partial charge in [-0.2, -0.15) is 0 Å². The summed E-state index contributed by atoms with van der Waals surface area (Å²) in [5.41, 5.74) is 2.92. The molecule has 9 heteroatoms. The van der Waals surface area contributed by atoms with Crippen molar-refractivity contribution in [3.8, 4) is 0 Å². The molecule has 0 aliphatic carbocycles. The zero-order valence-corrected chi connectivity index (χ0v) is 26.4. The minimum Gasteiger partial charge on any atom is -0.449 e. The molecule has 3 rings (SSSR count). The highest BCUT2D eigenvalue weighted by Gasteiger charge is 2.49. The first-order valence-electron chi connectivity index (χ1n) is 15.0. The number of carbonyl (C=O) groups is 3. The smallest absolute Gasteiger partial charge is 0.407 e. The highest BCUT2D eigenvalue weighted by Crippen LogP contribution is 2.40. The lowest BCUT2D eigenvalue weighted by molar-refractivity contribution is -0.147. The number of nitrogens with one attached hydrogen (secondary N) is 2. The minimum atomic E-state index is -1.57. The summed E-state index contributed by atoms with van der Waals surface area (Å²) in [6, 6.07) is 15.5. The van der Waals surface area contributed by atoms with Crippen LogP contribution < -0.4 is 10.6 Å². The van der Waals surface area contributed by atoms with Crippen molar-refractivity contribution in [2.24, 2.45) is 5.92 Å². The molecule has 230 valence electrons. The first kappa shape index (κ1) is 33.5. The van der Waals surface area contributed by atoms with E-state index in [2.05, 4.69) is 24.5 Å². The van der Waals surface area contributed by atoms with Gasteiger partial charge in [-0.1, -0.05) is 87.7 Å². The van der Waals surface area contributed by atoms with Crippen LogP contribution in [-0.4, -0.2) is 63.3 Å². The molecule has 2 aromatic carbocycles. The Balaban J connectivity index is 1.74. The SMILES string of the molecule is CCCCC(CC)COC(=O)NC(Cc1ccccc1)C(O)C(=O)N1CSC(C)(C)C1C(=O)NCc1ccccc1C. The molecule has 0 saturated carbocycles. The molecular formula is C33H47N3O5S. The van der Waals surface area contributed by atoms with Crippen molar-refractivity contribution >= 4 is 29.7 Å². The number of aliphatic hydroxyl groups is 1. The Kier molecular flexibility index (Phi) is 12.7. The second-order valence-electron chi connectivity index (χ2n) is 11.6. The number of nitrogens with zero attached hydrogens (tertiary/aromatic N) is 1. The standard InChI is InChI=1S/C33H47N3O5S/c1-6-8-15-24(7-2)21-41-32(40)35-27(19-25-16-10-9-11-17-25)28(37)31(39)36-22-42-33(4,5)29(36)30(38)34-20-26-18-13-12-14-23(26)3/h9-14,16-18,24,27-29,37H,6-8,15,19-22H2,1-5H3,(H,34,38)(H,35,40). The number of thioether (sulfide) groups is 1. The second-order valence-corrected chi connectivity index (χ2v) is 13.2. The van der Waals surface area contributed by atoms with Crippen LogP contribution in [-0.2, 0) is 27.3 Å². The van der Waals surface area contributed by atoms with Gasteiger partial charge < -0.3 is 25.4 Å². The van der Waals surface area contributed by atoms with E-state index in [1.54, 1.807) is 0 Å². The van der Waals surface area contributed by atoms with E-state index in [0.717, 1.165) is 42.4 Å². The molecule has 8 nitrogen and oxygen atoms in total. The van der Waals surface area contributed by atoms with Crippen molar-refractivity contribution in [3.05, 3.63) is 71.3 Å². The van der Waals surface area contributed by atoms with Gasteiger partial charge in [-0.25, -0.2) is 4.79 Å². The van der Waals surface area contributed by atoms with Crippen molar-refractivity contribution in [3.63, 3.8) is 0 Å². The van der Waals surface area contributed by atoms with Gasteiger partial charge in [-0.3, -0.25) is 9.59 Å². The molecule has 1 saturated heterocycles. The lowest BCUT2D eigenvalue weighted by atomic mass is 9.97. The van der Waals surface area contributed by atoms with Gasteiger partial charge >= 0.3 is 6.09 Å². The molecule has 0 spiro atoms.